The molecule has 0 unspecified atom stereocenters. The number of likely N-dealkylation sites (tertiary alicyclic amines) is 1. The topological polar surface area (TPSA) is 47.4 Å². The molecule has 5 nitrogen and oxygen atoms in total. The van der Waals surface area contributed by atoms with Gasteiger partial charge in [-0.2, -0.15) is 5.10 Å². The van der Waals surface area contributed by atoms with Gasteiger partial charge < -0.3 is 4.74 Å². The third-order valence-electron chi connectivity index (χ3n) is 5.44. The monoisotopic (exact) mass is 359 g/mol. The van der Waals surface area contributed by atoms with Gasteiger partial charge in [-0.3, -0.25) is 9.69 Å². The van der Waals surface area contributed by atoms with Crippen molar-refractivity contribution in [1.29, 1.82) is 0 Å². The quantitative estimate of drug-likeness (QED) is 0.844. The molecule has 0 saturated carbocycles. The lowest BCUT2D eigenvalue weighted by molar-refractivity contribution is -0.0981. The minimum Gasteiger partial charge on any atom is -0.370 e. The normalized spacial score (nSPS) is 19.9. The summed E-state index contributed by atoms with van der Waals surface area (Å²) in [6.45, 7) is 7.49. The fourth-order valence-electron chi connectivity index (χ4n) is 4.00. The molecule has 2 aromatic heterocycles. The van der Waals surface area contributed by atoms with E-state index in [2.05, 4.69) is 23.0 Å². The van der Waals surface area contributed by atoms with Gasteiger partial charge in [0.05, 0.1) is 18.4 Å². The third-order valence-corrected chi connectivity index (χ3v) is 6.77. The highest BCUT2D eigenvalue weighted by Gasteiger charge is 2.41. The van der Waals surface area contributed by atoms with Crippen LogP contribution in [0.5, 0.6) is 0 Å². The Kier molecular flexibility index (Phi) is 4.52. The van der Waals surface area contributed by atoms with E-state index in [1.807, 2.05) is 17.5 Å². The summed E-state index contributed by atoms with van der Waals surface area (Å²) in [5.74, 6) is -0.0452. The minimum atomic E-state index is -0.0719. The van der Waals surface area contributed by atoms with Crippen LogP contribution in [-0.2, 0) is 29.7 Å². The van der Waals surface area contributed by atoms with E-state index in [0.717, 1.165) is 57.5 Å². The predicted octanol–water partition coefficient (Wildman–Crippen LogP) is 3.23. The molecular weight excluding hydrogens is 334 g/mol. The first kappa shape index (κ1) is 16.9. The lowest BCUT2D eigenvalue weighted by Crippen LogP contribution is -2.45. The molecule has 0 aliphatic carbocycles. The Bertz CT molecular complexity index is 771. The molecular formula is C19H25N3O2S. The summed E-state index contributed by atoms with van der Waals surface area (Å²) in [4.78, 5) is 16.8. The summed E-state index contributed by atoms with van der Waals surface area (Å²) in [6, 6.07) is 2.39. The van der Waals surface area contributed by atoms with Crippen molar-refractivity contribution < 1.29 is 9.53 Å². The zero-order valence-corrected chi connectivity index (χ0v) is 15.8. The standard InChI is InChI=1S/C19H25N3O2S/c1-3-16-10-17-18(25-16)4-9-24-19(17)5-7-21(8-6-19)12-15-11-20-22(13-15)14(2)23/h10-11,13H,3-9,12H2,1-2H3. The van der Waals surface area contributed by atoms with Crippen LogP contribution in [0.15, 0.2) is 18.5 Å². The number of hydrogen-bond acceptors (Lipinski definition) is 5. The largest absolute Gasteiger partial charge is 0.370 e. The molecule has 0 aromatic carbocycles. The Morgan fingerprint density at radius 3 is 2.88 bits per heavy atom. The van der Waals surface area contributed by atoms with Crippen LogP contribution >= 0.6 is 11.3 Å². The summed E-state index contributed by atoms with van der Waals surface area (Å²) in [5, 5.41) is 4.12. The summed E-state index contributed by atoms with van der Waals surface area (Å²) in [7, 11) is 0. The number of carbonyl (C=O) groups excluding carboxylic acids is 1. The van der Waals surface area contributed by atoms with Crippen LogP contribution in [0.3, 0.4) is 0 Å². The Hall–Kier alpha value is -1.50. The molecule has 25 heavy (non-hydrogen) atoms. The van der Waals surface area contributed by atoms with Crippen LogP contribution < -0.4 is 0 Å². The fourth-order valence-corrected chi connectivity index (χ4v) is 5.18. The van der Waals surface area contributed by atoms with Gasteiger partial charge in [-0.1, -0.05) is 6.92 Å². The van der Waals surface area contributed by atoms with E-state index in [1.54, 1.807) is 11.1 Å². The van der Waals surface area contributed by atoms with E-state index in [4.69, 9.17) is 4.74 Å². The van der Waals surface area contributed by atoms with Gasteiger partial charge in [0.1, 0.15) is 0 Å². The maximum atomic E-state index is 11.4. The van der Waals surface area contributed by atoms with Gasteiger partial charge >= 0.3 is 0 Å². The second-order valence-corrected chi connectivity index (χ2v) is 8.31. The molecule has 0 amide bonds. The highest BCUT2D eigenvalue weighted by atomic mass is 32.1. The van der Waals surface area contributed by atoms with Crippen molar-refractivity contribution in [2.75, 3.05) is 19.7 Å². The zero-order valence-electron chi connectivity index (χ0n) is 15.0. The minimum absolute atomic E-state index is 0.0452. The zero-order chi connectivity index (χ0) is 17.4. The summed E-state index contributed by atoms with van der Waals surface area (Å²) >= 11 is 1.98. The fraction of sp³-hybridized carbons (Fsp3) is 0.579. The summed E-state index contributed by atoms with van der Waals surface area (Å²) in [6.07, 6.45) is 7.90. The molecule has 0 N–H and O–H groups in total. The van der Waals surface area contributed by atoms with E-state index < -0.39 is 0 Å². The van der Waals surface area contributed by atoms with E-state index in [0.29, 0.717) is 0 Å². The van der Waals surface area contributed by atoms with Crippen molar-refractivity contribution in [2.45, 2.75) is 51.7 Å². The number of aromatic nitrogens is 2. The summed E-state index contributed by atoms with van der Waals surface area (Å²) in [5.41, 5.74) is 2.49. The number of aryl methyl sites for hydroxylation is 1. The smallest absolute Gasteiger partial charge is 0.243 e. The molecule has 2 aliphatic heterocycles. The Labute approximate surface area is 152 Å². The van der Waals surface area contributed by atoms with Gasteiger partial charge in [0, 0.05) is 54.5 Å². The van der Waals surface area contributed by atoms with Crippen LogP contribution in [0, 0.1) is 0 Å². The van der Waals surface area contributed by atoms with Gasteiger partial charge in [-0.25, -0.2) is 4.68 Å². The molecule has 0 bridgehead atoms. The molecule has 134 valence electrons. The van der Waals surface area contributed by atoms with Crippen LogP contribution in [0.4, 0.5) is 0 Å². The number of nitrogens with zero attached hydrogens (tertiary/aromatic N) is 3. The van der Waals surface area contributed by atoms with Gasteiger partial charge in [-0.15, -0.1) is 11.3 Å². The van der Waals surface area contributed by atoms with E-state index in [9.17, 15) is 4.79 Å². The molecule has 1 spiro atoms. The predicted molar refractivity (Wildman–Crippen MR) is 98.1 cm³/mol. The lowest BCUT2D eigenvalue weighted by Gasteiger charge is -2.44. The maximum Gasteiger partial charge on any atom is 0.243 e. The Balaban J connectivity index is 1.44. The van der Waals surface area contributed by atoms with Crippen molar-refractivity contribution >= 4 is 17.2 Å². The SMILES string of the molecule is CCc1cc2c(s1)CCOC21CCN(Cc2cnn(C(C)=O)c2)CC1. The Morgan fingerprint density at radius 1 is 1.40 bits per heavy atom. The first-order chi connectivity index (χ1) is 12.1. The van der Waals surface area contributed by atoms with Gasteiger partial charge in [0.2, 0.25) is 5.91 Å². The van der Waals surface area contributed by atoms with Crippen LogP contribution in [0.1, 0.15) is 52.4 Å². The molecule has 6 heteroatoms. The van der Waals surface area contributed by atoms with Crippen molar-refractivity contribution in [3.8, 4) is 0 Å². The number of piperidine rings is 1. The second kappa shape index (κ2) is 6.67. The molecule has 1 fully saturated rings. The van der Waals surface area contributed by atoms with Crippen molar-refractivity contribution in [2.24, 2.45) is 0 Å². The van der Waals surface area contributed by atoms with E-state index in [-0.39, 0.29) is 11.5 Å². The average molecular weight is 359 g/mol. The Morgan fingerprint density at radius 2 is 2.20 bits per heavy atom. The number of fused-ring (bicyclic) bond motifs is 2. The van der Waals surface area contributed by atoms with Gasteiger partial charge in [0.25, 0.3) is 0 Å². The van der Waals surface area contributed by atoms with E-state index in [1.165, 1.54) is 22.0 Å². The van der Waals surface area contributed by atoms with Crippen LogP contribution in [0.2, 0.25) is 0 Å². The highest BCUT2D eigenvalue weighted by molar-refractivity contribution is 7.12. The highest BCUT2D eigenvalue weighted by Crippen LogP contribution is 2.44. The van der Waals surface area contributed by atoms with Gasteiger partial charge in [0.15, 0.2) is 0 Å². The lowest BCUT2D eigenvalue weighted by atomic mass is 9.82. The molecule has 1 saturated heterocycles. The van der Waals surface area contributed by atoms with Gasteiger partial charge in [-0.05, 0) is 30.9 Å². The van der Waals surface area contributed by atoms with Crippen molar-refractivity contribution in [1.82, 2.24) is 14.7 Å². The summed E-state index contributed by atoms with van der Waals surface area (Å²) < 4.78 is 7.76. The number of thiophene rings is 1. The molecule has 0 atom stereocenters. The number of carbonyl (C=O) groups is 1. The van der Waals surface area contributed by atoms with Crippen LogP contribution in [0.25, 0.3) is 0 Å². The molecule has 2 aromatic rings. The van der Waals surface area contributed by atoms with Crippen molar-refractivity contribution in [3.63, 3.8) is 0 Å². The molecule has 2 aliphatic rings. The molecule has 4 heterocycles. The van der Waals surface area contributed by atoms with E-state index >= 15 is 0 Å². The van der Waals surface area contributed by atoms with Crippen molar-refractivity contribution in [3.05, 3.63) is 39.3 Å². The second-order valence-electron chi connectivity index (χ2n) is 7.08. The molecule has 4 rings (SSSR count). The average Bonchev–Trinajstić information content (AvgIpc) is 3.24. The third kappa shape index (κ3) is 3.18. The number of rotatable bonds is 3. The molecule has 0 radical (unpaired) electrons. The van der Waals surface area contributed by atoms with Crippen LogP contribution in [-0.4, -0.2) is 40.3 Å². The number of hydrogen-bond donors (Lipinski definition) is 0. The first-order valence-electron chi connectivity index (χ1n) is 9.12. The number of ether oxygens (including phenoxy) is 1. The maximum absolute atomic E-state index is 11.4. The first-order valence-corrected chi connectivity index (χ1v) is 9.94.